The number of nitrogens with one attached hydrogen (secondary N) is 2. The van der Waals surface area contributed by atoms with Crippen LogP contribution >= 0.6 is 11.6 Å². The number of rotatable bonds is 6. The minimum absolute atomic E-state index is 0.0858. The maximum absolute atomic E-state index is 11.8. The van der Waals surface area contributed by atoms with Crippen molar-refractivity contribution in [3.63, 3.8) is 0 Å². The maximum Gasteiger partial charge on any atom is 0.251 e. The maximum atomic E-state index is 11.8. The molecule has 1 aliphatic carbocycles. The minimum Gasteiger partial charge on any atom is -0.354 e. The van der Waals surface area contributed by atoms with Crippen molar-refractivity contribution < 1.29 is 9.59 Å². The Bertz CT molecular complexity index is 482. The van der Waals surface area contributed by atoms with E-state index in [1.807, 2.05) is 0 Å². The van der Waals surface area contributed by atoms with E-state index in [1.54, 1.807) is 24.3 Å². The standard InChI is InChI=1S/C16H21ClN2O2/c17-14-7-5-13(6-8-14)16(21)19-10-9-18-15(20)11-12-3-1-2-4-12/h5-8,12H,1-4,9-11H2,(H,18,20)(H,19,21). The van der Waals surface area contributed by atoms with Gasteiger partial charge in [-0.25, -0.2) is 0 Å². The van der Waals surface area contributed by atoms with Gasteiger partial charge in [-0.1, -0.05) is 24.4 Å². The van der Waals surface area contributed by atoms with Gasteiger partial charge in [0.2, 0.25) is 5.91 Å². The molecule has 0 radical (unpaired) electrons. The van der Waals surface area contributed by atoms with E-state index < -0.39 is 0 Å². The summed E-state index contributed by atoms with van der Waals surface area (Å²) in [6.45, 7) is 0.892. The molecule has 2 rings (SSSR count). The van der Waals surface area contributed by atoms with E-state index >= 15 is 0 Å². The molecular formula is C16H21ClN2O2. The van der Waals surface area contributed by atoms with E-state index in [4.69, 9.17) is 11.6 Å². The molecule has 1 aliphatic rings. The van der Waals surface area contributed by atoms with Gasteiger partial charge >= 0.3 is 0 Å². The first-order valence-electron chi connectivity index (χ1n) is 7.45. The molecule has 1 aromatic rings. The molecule has 0 unspecified atom stereocenters. The van der Waals surface area contributed by atoms with Crippen molar-refractivity contribution in [2.75, 3.05) is 13.1 Å². The molecule has 0 spiro atoms. The van der Waals surface area contributed by atoms with E-state index in [-0.39, 0.29) is 11.8 Å². The van der Waals surface area contributed by atoms with Crippen LogP contribution in [0.1, 0.15) is 42.5 Å². The summed E-state index contributed by atoms with van der Waals surface area (Å²) in [4.78, 5) is 23.5. The second-order valence-electron chi connectivity index (χ2n) is 5.47. The minimum atomic E-state index is -0.156. The highest BCUT2D eigenvalue weighted by atomic mass is 35.5. The van der Waals surface area contributed by atoms with Crippen molar-refractivity contribution in [3.8, 4) is 0 Å². The molecule has 1 aromatic carbocycles. The lowest BCUT2D eigenvalue weighted by Crippen LogP contribution is -2.35. The quantitative estimate of drug-likeness (QED) is 0.794. The molecule has 21 heavy (non-hydrogen) atoms. The zero-order chi connectivity index (χ0) is 15.1. The predicted octanol–water partition coefficient (Wildman–Crippen LogP) is 2.77. The average Bonchev–Trinajstić information content (AvgIpc) is 2.97. The Labute approximate surface area is 130 Å². The Hall–Kier alpha value is -1.55. The number of amides is 2. The van der Waals surface area contributed by atoms with E-state index in [9.17, 15) is 9.59 Å². The van der Waals surface area contributed by atoms with Gasteiger partial charge in [0.15, 0.2) is 0 Å². The second-order valence-corrected chi connectivity index (χ2v) is 5.90. The summed E-state index contributed by atoms with van der Waals surface area (Å²) in [5.41, 5.74) is 0.566. The van der Waals surface area contributed by atoms with Gasteiger partial charge < -0.3 is 10.6 Å². The smallest absolute Gasteiger partial charge is 0.251 e. The Kier molecular flexibility index (Phi) is 6.05. The second kappa shape index (κ2) is 8.03. The molecule has 0 bridgehead atoms. The van der Waals surface area contributed by atoms with Crippen LogP contribution in [0.15, 0.2) is 24.3 Å². The van der Waals surface area contributed by atoms with E-state index in [0.29, 0.717) is 36.0 Å². The summed E-state index contributed by atoms with van der Waals surface area (Å²) in [6.07, 6.45) is 5.44. The monoisotopic (exact) mass is 308 g/mol. The van der Waals surface area contributed by atoms with Crippen molar-refractivity contribution in [3.05, 3.63) is 34.9 Å². The van der Waals surface area contributed by atoms with Gasteiger partial charge in [-0.15, -0.1) is 0 Å². The molecule has 2 N–H and O–H groups in total. The van der Waals surface area contributed by atoms with Crippen molar-refractivity contribution in [1.29, 1.82) is 0 Å². The molecule has 0 saturated heterocycles. The van der Waals surface area contributed by atoms with Gasteiger partial charge in [-0.3, -0.25) is 9.59 Å². The summed E-state index contributed by atoms with van der Waals surface area (Å²) in [5.74, 6) is 0.480. The van der Waals surface area contributed by atoms with E-state index in [2.05, 4.69) is 10.6 Å². The molecule has 5 heteroatoms. The van der Waals surface area contributed by atoms with Crippen LogP contribution < -0.4 is 10.6 Å². The fraction of sp³-hybridized carbons (Fsp3) is 0.500. The molecule has 0 aromatic heterocycles. The predicted molar refractivity (Wildman–Crippen MR) is 83.4 cm³/mol. The number of benzene rings is 1. The molecule has 0 heterocycles. The third-order valence-electron chi connectivity index (χ3n) is 3.79. The Balaban J connectivity index is 1.61. The topological polar surface area (TPSA) is 58.2 Å². The van der Waals surface area contributed by atoms with Crippen LogP contribution in [0.2, 0.25) is 5.02 Å². The first-order chi connectivity index (χ1) is 10.1. The van der Waals surface area contributed by atoms with Crippen LogP contribution in [0.25, 0.3) is 0 Å². The fourth-order valence-corrected chi connectivity index (χ4v) is 2.76. The highest BCUT2D eigenvalue weighted by Gasteiger charge is 2.17. The summed E-state index contributed by atoms with van der Waals surface area (Å²) >= 11 is 5.77. The first-order valence-corrected chi connectivity index (χ1v) is 7.83. The van der Waals surface area contributed by atoms with Gasteiger partial charge in [-0.05, 0) is 43.0 Å². The fourth-order valence-electron chi connectivity index (χ4n) is 2.63. The van der Waals surface area contributed by atoms with Gasteiger partial charge in [-0.2, -0.15) is 0 Å². The molecule has 114 valence electrons. The van der Waals surface area contributed by atoms with Gasteiger partial charge in [0.25, 0.3) is 5.91 Å². The zero-order valence-electron chi connectivity index (χ0n) is 12.0. The van der Waals surface area contributed by atoms with Crippen molar-refractivity contribution in [1.82, 2.24) is 10.6 Å². The van der Waals surface area contributed by atoms with Gasteiger partial charge in [0.05, 0.1) is 0 Å². The summed E-state index contributed by atoms with van der Waals surface area (Å²) < 4.78 is 0. The average molecular weight is 309 g/mol. The summed E-state index contributed by atoms with van der Waals surface area (Å²) in [5, 5.41) is 6.22. The lowest BCUT2D eigenvalue weighted by Gasteiger charge is -2.10. The summed E-state index contributed by atoms with van der Waals surface area (Å²) in [6, 6.07) is 6.71. The van der Waals surface area contributed by atoms with E-state index in [0.717, 1.165) is 0 Å². The van der Waals surface area contributed by atoms with Crippen molar-refractivity contribution >= 4 is 23.4 Å². The Morgan fingerprint density at radius 1 is 1.05 bits per heavy atom. The van der Waals surface area contributed by atoms with Crippen molar-refractivity contribution in [2.24, 2.45) is 5.92 Å². The third-order valence-corrected chi connectivity index (χ3v) is 4.04. The Morgan fingerprint density at radius 3 is 2.33 bits per heavy atom. The third kappa shape index (κ3) is 5.38. The number of halogens is 1. The normalized spacial score (nSPS) is 14.9. The highest BCUT2D eigenvalue weighted by molar-refractivity contribution is 6.30. The van der Waals surface area contributed by atoms with Crippen molar-refractivity contribution in [2.45, 2.75) is 32.1 Å². The van der Waals surface area contributed by atoms with E-state index in [1.165, 1.54) is 25.7 Å². The lowest BCUT2D eigenvalue weighted by molar-refractivity contribution is -0.121. The molecular weight excluding hydrogens is 288 g/mol. The molecule has 0 atom stereocenters. The SMILES string of the molecule is O=C(CC1CCCC1)NCCNC(=O)c1ccc(Cl)cc1. The molecule has 1 fully saturated rings. The van der Waals surface area contributed by atoms with Crippen LogP contribution in [0.4, 0.5) is 0 Å². The van der Waals surface area contributed by atoms with Crippen LogP contribution in [0.3, 0.4) is 0 Å². The summed E-state index contributed by atoms with van der Waals surface area (Å²) in [7, 11) is 0. The highest BCUT2D eigenvalue weighted by Crippen LogP contribution is 2.27. The van der Waals surface area contributed by atoms with Crippen LogP contribution in [0, 0.1) is 5.92 Å². The largest absolute Gasteiger partial charge is 0.354 e. The Morgan fingerprint density at radius 2 is 1.67 bits per heavy atom. The molecule has 1 saturated carbocycles. The lowest BCUT2D eigenvalue weighted by atomic mass is 10.0. The number of carbonyl (C=O) groups is 2. The van der Waals surface area contributed by atoms with Crippen LogP contribution in [-0.4, -0.2) is 24.9 Å². The first kappa shape index (κ1) is 15.8. The van der Waals surface area contributed by atoms with Crippen LogP contribution in [-0.2, 0) is 4.79 Å². The van der Waals surface area contributed by atoms with Gasteiger partial charge in [0, 0.05) is 30.1 Å². The molecule has 2 amide bonds. The van der Waals surface area contributed by atoms with Crippen LogP contribution in [0.5, 0.6) is 0 Å². The molecule has 0 aliphatic heterocycles. The number of hydrogen-bond donors (Lipinski definition) is 2. The number of carbonyl (C=O) groups excluding carboxylic acids is 2. The number of hydrogen-bond acceptors (Lipinski definition) is 2. The zero-order valence-corrected chi connectivity index (χ0v) is 12.8. The molecule has 4 nitrogen and oxygen atoms in total. The van der Waals surface area contributed by atoms with Gasteiger partial charge in [0.1, 0.15) is 0 Å².